The molecule has 0 unspecified atom stereocenters. The van der Waals surface area contributed by atoms with E-state index >= 15 is 0 Å². The first-order valence-electron chi connectivity index (χ1n) is 7.47. The molecule has 2 aromatic rings. The van der Waals surface area contributed by atoms with Gasteiger partial charge in [0.05, 0.1) is 0 Å². The topological polar surface area (TPSA) is 29.1 Å². The average Bonchev–Trinajstić information content (AvgIpc) is 2.46. The standard InChI is InChI=1S/C18H21NO/c1-13-2-5-16-11-17(7-6-15(16)10-13)19-12-14-3-8-18(20)9-4-14/h2,5-7,10-11,14,19H,3-4,8-9,12H2,1H3. The molecule has 1 fully saturated rings. The fourth-order valence-corrected chi connectivity index (χ4v) is 2.94. The normalized spacial score (nSPS) is 16.6. The van der Waals surface area contributed by atoms with Crippen molar-refractivity contribution in [1.29, 1.82) is 0 Å². The molecule has 3 rings (SSSR count). The minimum absolute atomic E-state index is 0.433. The van der Waals surface area contributed by atoms with E-state index < -0.39 is 0 Å². The number of fused-ring (bicyclic) bond motifs is 1. The Balaban J connectivity index is 1.65. The van der Waals surface area contributed by atoms with Gasteiger partial charge in [-0.25, -0.2) is 0 Å². The summed E-state index contributed by atoms with van der Waals surface area (Å²) in [4.78, 5) is 11.2. The Labute approximate surface area is 120 Å². The highest BCUT2D eigenvalue weighted by Gasteiger charge is 2.18. The number of aryl methyl sites for hydroxylation is 1. The van der Waals surface area contributed by atoms with Crippen LogP contribution in [0, 0.1) is 12.8 Å². The summed E-state index contributed by atoms with van der Waals surface area (Å²) >= 11 is 0. The lowest BCUT2D eigenvalue weighted by molar-refractivity contribution is -0.120. The van der Waals surface area contributed by atoms with Crippen molar-refractivity contribution in [3.05, 3.63) is 42.0 Å². The number of nitrogens with one attached hydrogen (secondary N) is 1. The lowest BCUT2D eigenvalue weighted by Crippen LogP contribution is -2.20. The Kier molecular flexibility index (Phi) is 3.72. The van der Waals surface area contributed by atoms with Crippen LogP contribution in [0.15, 0.2) is 36.4 Å². The van der Waals surface area contributed by atoms with Gasteiger partial charge in [-0.1, -0.05) is 29.8 Å². The molecular weight excluding hydrogens is 246 g/mol. The third-order valence-corrected chi connectivity index (χ3v) is 4.25. The summed E-state index contributed by atoms with van der Waals surface area (Å²) in [6.45, 7) is 3.10. The maximum Gasteiger partial charge on any atom is 0.132 e. The largest absolute Gasteiger partial charge is 0.385 e. The van der Waals surface area contributed by atoms with Crippen LogP contribution < -0.4 is 5.32 Å². The number of anilines is 1. The van der Waals surface area contributed by atoms with E-state index in [4.69, 9.17) is 0 Å². The van der Waals surface area contributed by atoms with Crippen LogP contribution in [0.5, 0.6) is 0 Å². The first kappa shape index (κ1) is 13.2. The van der Waals surface area contributed by atoms with Gasteiger partial charge in [-0.2, -0.15) is 0 Å². The van der Waals surface area contributed by atoms with E-state index in [2.05, 4.69) is 48.6 Å². The average molecular weight is 267 g/mol. The van der Waals surface area contributed by atoms with Gasteiger partial charge in [0.25, 0.3) is 0 Å². The van der Waals surface area contributed by atoms with Crippen molar-refractivity contribution in [1.82, 2.24) is 0 Å². The number of carbonyl (C=O) groups is 1. The summed E-state index contributed by atoms with van der Waals surface area (Å²) in [5.41, 5.74) is 2.48. The molecule has 1 aliphatic carbocycles. The molecule has 0 bridgehead atoms. The molecule has 0 spiro atoms. The SMILES string of the molecule is Cc1ccc2cc(NCC3CCC(=O)CC3)ccc2c1. The zero-order valence-electron chi connectivity index (χ0n) is 12.0. The van der Waals surface area contributed by atoms with Crippen LogP contribution in [-0.4, -0.2) is 12.3 Å². The molecule has 2 heteroatoms. The first-order chi connectivity index (χ1) is 9.70. The highest BCUT2D eigenvalue weighted by Crippen LogP contribution is 2.24. The lowest BCUT2D eigenvalue weighted by Gasteiger charge is -2.21. The van der Waals surface area contributed by atoms with Crippen molar-refractivity contribution in [3.63, 3.8) is 0 Å². The number of carbonyl (C=O) groups excluding carboxylic acids is 1. The van der Waals surface area contributed by atoms with Crippen molar-refractivity contribution < 1.29 is 4.79 Å². The predicted molar refractivity (Wildman–Crippen MR) is 84.1 cm³/mol. The molecule has 104 valence electrons. The van der Waals surface area contributed by atoms with Gasteiger partial charge in [0.2, 0.25) is 0 Å². The molecule has 1 saturated carbocycles. The van der Waals surface area contributed by atoms with Gasteiger partial charge in [0.1, 0.15) is 5.78 Å². The number of hydrogen-bond donors (Lipinski definition) is 1. The van der Waals surface area contributed by atoms with E-state index in [0.717, 1.165) is 32.2 Å². The second-order valence-electron chi connectivity index (χ2n) is 5.93. The molecule has 0 heterocycles. The summed E-state index contributed by atoms with van der Waals surface area (Å²) in [5.74, 6) is 1.07. The highest BCUT2D eigenvalue weighted by atomic mass is 16.1. The molecule has 1 N–H and O–H groups in total. The van der Waals surface area contributed by atoms with Crippen molar-refractivity contribution in [2.75, 3.05) is 11.9 Å². The van der Waals surface area contributed by atoms with Crippen LogP contribution in [0.4, 0.5) is 5.69 Å². The molecule has 2 aromatic carbocycles. The maximum absolute atomic E-state index is 11.2. The number of Topliss-reactive ketones (excluding diaryl/α,β-unsaturated/α-hetero) is 1. The van der Waals surface area contributed by atoms with Gasteiger partial charge in [-0.15, -0.1) is 0 Å². The van der Waals surface area contributed by atoms with Gasteiger partial charge in [-0.3, -0.25) is 4.79 Å². The van der Waals surface area contributed by atoms with Crippen LogP contribution >= 0.6 is 0 Å². The van der Waals surface area contributed by atoms with E-state index in [1.54, 1.807) is 0 Å². The molecule has 0 amide bonds. The van der Waals surface area contributed by atoms with Crippen molar-refractivity contribution >= 4 is 22.2 Å². The summed E-state index contributed by atoms with van der Waals surface area (Å²) in [6.07, 6.45) is 3.61. The second-order valence-corrected chi connectivity index (χ2v) is 5.93. The quantitative estimate of drug-likeness (QED) is 0.897. The Morgan fingerprint density at radius 2 is 1.75 bits per heavy atom. The van der Waals surface area contributed by atoms with Gasteiger partial charge >= 0.3 is 0 Å². The van der Waals surface area contributed by atoms with Crippen LogP contribution in [0.25, 0.3) is 10.8 Å². The summed E-state index contributed by atoms with van der Waals surface area (Å²) in [5, 5.41) is 6.09. The van der Waals surface area contributed by atoms with Gasteiger partial charge < -0.3 is 5.32 Å². The minimum Gasteiger partial charge on any atom is -0.385 e. The van der Waals surface area contributed by atoms with Crippen molar-refractivity contribution in [2.45, 2.75) is 32.6 Å². The number of hydrogen-bond acceptors (Lipinski definition) is 2. The Morgan fingerprint density at radius 3 is 2.55 bits per heavy atom. The molecule has 20 heavy (non-hydrogen) atoms. The van der Waals surface area contributed by atoms with E-state index in [-0.39, 0.29) is 0 Å². The zero-order valence-corrected chi connectivity index (χ0v) is 12.0. The third kappa shape index (κ3) is 3.01. The molecule has 0 aromatic heterocycles. The number of benzene rings is 2. The molecule has 0 atom stereocenters. The monoisotopic (exact) mass is 267 g/mol. The maximum atomic E-state index is 11.2. The van der Waals surface area contributed by atoms with Gasteiger partial charge in [0, 0.05) is 25.1 Å². The fourth-order valence-electron chi connectivity index (χ4n) is 2.94. The molecule has 0 saturated heterocycles. The third-order valence-electron chi connectivity index (χ3n) is 4.25. The number of ketones is 1. The zero-order chi connectivity index (χ0) is 13.9. The van der Waals surface area contributed by atoms with Crippen molar-refractivity contribution in [2.24, 2.45) is 5.92 Å². The lowest BCUT2D eigenvalue weighted by atomic mass is 9.88. The van der Waals surface area contributed by atoms with E-state index in [0.29, 0.717) is 11.7 Å². The molecule has 1 aliphatic rings. The molecule has 0 radical (unpaired) electrons. The smallest absolute Gasteiger partial charge is 0.132 e. The minimum atomic E-state index is 0.433. The fraction of sp³-hybridized carbons (Fsp3) is 0.389. The first-order valence-corrected chi connectivity index (χ1v) is 7.47. The number of rotatable bonds is 3. The van der Waals surface area contributed by atoms with Crippen LogP contribution in [0.1, 0.15) is 31.2 Å². The van der Waals surface area contributed by atoms with E-state index in [1.807, 2.05) is 0 Å². The van der Waals surface area contributed by atoms with Crippen LogP contribution in [-0.2, 0) is 4.79 Å². The van der Waals surface area contributed by atoms with Crippen molar-refractivity contribution in [3.8, 4) is 0 Å². The van der Waals surface area contributed by atoms with Crippen LogP contribution in [0.2, 0.25) is 0 Å². The second kappa shape index (κ2) is 5.66. The molecule has 0 aliphatic heterocycles. The summed E-state index contributed by atoms with van der Waals surface area (Å²) in [6, 6.07) is 13.1. The Morgan fingerprint density at radius 1 is 1.05 bits per heavy atom. The molecular formula is C18H21NO. The molecule has 2 nitrogen and oxygen atoms in total. The Bertz CT molecular complexity index is 622. The van der Waals surface area contributed by atoms with Crippen LogP contribution in [0.3, 0.4) is 0 Å². The highest BCUT2D eigenvalue weighted by molar-refractivity contribution is 5.86. The summed E-state index contributed by atoms with van der Waals surface area (Å²) < 4.78 is 0. The summed E-state index contributed by atoms with van der Waals surface area (Å²) in [7, 11) is 0. The van der Waals surface area contributed by atoms with E-state index in [1.165, 1.54) is 22.0 Å². The predicted octanol–water partition coefficient (Wildman–Crippen LogP) is 4.32. The van der Waals surface area contributed by atoms with Gasteiger partial charge in [-0.05, 0) is 48.6 Å². The Hall–Kier alpha value is -1.83. The van der Waals surface area contributed by atoms with Gasteiger partial charge in [0.15, 0.2) is 0 Å². The van der Waals surface area contributed by atoms with E-state index in [9.17, 15) is 4.79 Å².